The second-order valence-corrected chi connectivity index (χ2v) is 8.56. The summed E-state index contributed by atoms with van der Waals surface area (Å²) in [6.07, 6.45) is 4.59. The number of furan rings is 1. The summed E-state index contributed by atoms with van der Waals surface area (Å²) in [6.45, 7) is 0. The Morgan fingerprint density at radius 2 is 1.38 bits per heavy atom. The number of para-hydroxylation sites is 1. The Kier molecular flexibility index (Phi) is 3.68. The van der Waals surface area contributed by atoms with E-state index in [2.05, 4.69) is 103 Å². The molecule has 7 rings (SSSR count). The minimum atomic E-state index is 0.226. The summed E-state index contributed by atoms with van der Waals surface area (Å²) in [5.74, 6) is 1.14. The molecule has 0 aliphatic heterocycles. The van der Waals surface area contributed by atoms with E-state index in [1.807, 2.05) is 12.1 Å². The molecular formula is C31H20O. The molecule has 0 N–H and O–H groups in total. The fourth-order valence-corrected chi connectivity index (χ4v) is 5.21. The van der Waals surface area contributed by atoms with Crippen molar-refractivity contribution in [2.45, 2.75) is 5.92 Å². The van der Waals surface area contributed by atoms with Gasteiger partial charge in [-0.25, -0.2) is 0 Å². The molecule has 0 saturated heterocycles. The molecule has 6 aromatic rings. The molecule has 1 aromatic heterocycles. The smallest absolute Gasteiger partial charge is 0.135 e. The number of fused-ring (bicyclic) bond motifs is 5. The predicted octanol–water partition coefficient (Wildman–Crippen LogP) is 8.56. The highest BCUT2D eigenvalue weighted by atomic mass is 16.3. The van der Waals surface area contributed by atoms with Gasteiger partial charge in [-0.2, -0.15) is 0 Å². The lowest BCUT2D eigenvalue weighted by Gasteiger charge is -2.18. The minimum absolute atomic E-state index is 0.226. The van der Waals surface area contributed by atoms with Crippen LogP contribution in [0.2, 0.25) is 0 Å². The van der Waals surface area contributed by atoms with Gasteiger partial charge in [0.1, 0.15) is 11.3 Å². The summed E-state index contributed by atoms with van der Waals surface area (Å²) in [4.78, 5) is 0. The fraction of sp³-hybridized carbons (Fsp3) is 0.0323. The summed E-state index contributed by atoms with van der Waals surface area (Å²) in [5, 5.41) is 6.28. The molecule has 0 bridgehead atoms. The molecule has 1 heteroatoms. The zero-order valence-corrected chi connectivity index (χ0v) is 17.5. The largest absolute Gasteiger partial charge is 0.456 e. The number of rotatable bonds is 2. The van der Waals surface area contributed by atoms with E-state index < -0.39 is 0 Å². The Balaban J connectivity index is 1.55. The van der Waals surface area contributed by atoms with Crippen molar-refractivity contribution in [1.29, 1.82) is 0 Å². The molecule has 5 aromatic carbocycles. The third-order valence-electron chi connectivity index (χ3n) is 6.72. The van der Waals surface area contributed by atoms with Gasteiger partial charge in [0.2, 0.25) is 0 Å². The van der Waals surface area contributed by atoms with E-state index >= 15 is 0 Å². The Morgan fingerprint density at radius 1 is 0.594 bits per heavy atom. The van der Waals surface area contributed by atoms with Crippen molar-refractivity contribution in [3.8, 4) is 11.3 Å². The molecule has 1 unspecified atom stereocenters. The molecule has 0 fully saturated rings. The minimum Gasteiger partial charge on any atom is -0.456 e. The molecule has 1 aliphatic carbocycles. The van der Waals surface area contributed by atoms with Crippen LogP contribution in [0.15, 0.2) is 114 Å². The van der Waals surface area contributed by atoms with Gasteiger partial charge in [-0.15, -0.1) is 0 Å². The Labute approximate surface area is 186 Å². The average Bonchev–Trinajstić information content (AvgIpc) is 3.48. The van der Waals surface area contributed by atoms with E-state index in [0.29, 0.717) is 0 Å². The summed E-state index contributed by atoms with van der Waals surface area (Å²) in [6, 6.07) is 36.9. The van der Waals surface area contributed by atoms with Gasteiger partial charge >= 0.3 is 0 Å². The number of hydrogen-bond donors (Lipinski definition) is 0. The molecular weight excluding hydrogens is 388 g/mol. The van der Waals surface area contributed by atoms with E-state index in [1.54, 1.807) is 0 Å². The highest BCUT2D eigenvalue weighted by Gasteiger charge is 2.23. The van der Waals surface area contributed by atoms with Gasteiger partial charge in [0.25, 0.3) is 0 Å². The second-order valence-electron chi connectivity index (χ2n) is 8.56. The Bertz CT molecular complexity index is 1650. The van der Waals surface area contributed by atoms with Crippen molar-refractivity contribution in [3.05, 3.63) is 126 Å². The van der Waals surface area contributed by atoms with Crippen LogP contribution in [0.4, 0.5) is 0 Å². The molecule has 1 heterocycles. The van der Waals surface area contributed by atoms with Gasteiger partial charge in [-0.1, -0.05) is 91.0 Å². The third kappa shape index (κ3) is 2.58. The summed E-state index contributed by atoms with van der Waals surface area (Å²) in [5.41, 5.74) is 6.05. The Hall–Kier alpha value is -4.10. The van der Waals surface area contributed by atoms with Crippen molar-refractivity contribution in [3.63, 3.8) is 0 Å². The standard InChI is InChI=1S/C31H20O/c1-4-10-25-20(7-1)15-16-27(25)28-18-24(30-19-22-9-3-6-12-29(22)32-30)17-23-14-13-21-8-2-5-11-26(21)31(23)28/h1-19,27H. The molecule has 0 radical (unpaired) electrons. The highest BCUT2D eigenvalue weighted by Crippen LogP contribution is 2.43. The maximum absolute atomic E-state index is 6.26. The third-order valence-corrected chi connectivity index (χ3v) is 6.72. The van der Waals surface area contributed by atoms with Gasteiger partial charge in [-0.05, 0) is 62.5 Å². The zero-order chi connectivity index (χ0) is 21.1. The lowest BCUT2D eigenvalue weighted by atomic mass is 9.85. The maximum Gasteiger partial charge on any atom is 0.135 e. The maximum atomic E-state index is 6.26. The van der Waals surface area contributed by atoms with Gasteiger partial charge in [0, 0.05) is 16.9 Å². The lowest BCUT2D eigenvalue weighted by Crippen LogP contribution is -1.98. The van der Waals surface area contributed by atoms with Gasteiger partial charge < -0.3 is 4.42 Å². The fourth-order valence-electron chi connectivity index (χ4n) is 5.21. The molecule has 0 amide bonds. The number of benzene rings is 5. The van der Waals surface area contributed by atoms with Crippen LogP contribution in [0.1, 0.15) is 22.6 Å². The molecule has 32 heavy (non-hydrogen) atoms. The average molecular weight is 409 g/mol. The van der Waals surface area contributed by atoms with E-state index in [4.69, 9.17) is 4.42 Å². The first kappa shape index (κ1) is 17.6. The first-order valence-electron chi connectivity index (χ1n) is 11.1. The predicted molar refractivity (Wildman–Crippen MR) is 134 cm³/mol. The zero-order valence-electron chi connectivity index (χ0n) is 17.5. The van der Waals surface area contributed by atoms with Crippen LogP contribution in [0.3, 0.4) is 0 Å². The van der Waals surface area contributed by atoms with E-state index in [-0.39, 0.29) is 5.92 Å². The SMILES string of the molecule is C1=CC(c2cc(-c3cc4ccccc4o3)cc3ccc4ccccc4c23)c2ccccc21. The van der Waals surface area contributed by atoms with Gasteiger partial charge in [0.05, 0.1) is 0 Å². The molecule has 1 nitrogen and oxygen atoms in total. The first-order chi connectivity index (χ1) is 15.8. The monoisotopic (exact) mass is 408 g/mol. The van der Waals surface area contributed by atoms with Crippen LogP contribution >= 0.6 is 0 Å². The molecule has 0 spiro atoms. The van der Waals surface area contributed by atoms with E-state index in [0.717, 1.165) is 22.3 Å². The quantitative estimate of drug-likeness (QED) is 0.262. The van der Waals surface area contributed by atoms with Crippen molar-refractivity contribution < 1.29 is 4.42 Å². The van der Waals surface area contributed by atoms with E-state index in [1.165, 1.54) is 38.2 Å². The van der Waals surface area contributed by atoms with Gasteiger partial charge in [-0.3, -0.25) is 0 Å². The highest BCUT2D eigenvalue weighted by molar-refractivity contribution is 6.11. The van der Waals surface area contributed by atoms with Crippen LogP contribution in [0, 0.1) is 0 Å². The van der Waals surface area contributed by atoms with Crippen LogP contribution in [0.5, 0.6) is 0 Å². The first-order valence-corrected chi connectivity index (χ1v) is 11.1. The second kappa shape index (κ2) is 6.70. The summed E-state index contributed by atoms with van der Waals surface area (Å²) in [7, 11) is 0. The van der Waals surface area contributed by atoms with Crippen LogP contribution in [-0.2, 0) is 0 Å². The normalized spacial score (nSPS) is 15.1. The summed E-state index contributed by atoms with van der Waals surface area (Å²) >= 11 is 0. The lowest BCUT2D eigenvalue weighted by molar-refractivity contribution is 0.631. The molecule has 1 aliphatic rings. The Morgan fingerprint density at radius 3 is 2.31 bits per heavy atom. The van der Waals surface area contributed by atoms with Crippen molar-refractivity contribution >= 4 is 38.6 Å². The molecule has 150 valence electrons. The van der Waals surface area contributed by atoms with Crippen molar-refractivity contribution in [1.82, 2.24) is 0 Å². The number of allylic oxidation sites excluding steroid dienone is 1. The van der Waals surface area contributed by atoms with Crippen LogP contribution in [-0.4, -0.2) is 0 Å². The van der Waals surface area contributed by atoms with E-state index in [9.17, 15) is 0 Å². The number of hydrogen-bond acceptors (Lipinski definition) is 1. The summed E-state index contributed by atoms with van der Waals surface area (Å²) < 4.78 is 6.26. The molecule has 0 saturated carbocycles. The van der Waals surface area contributed by atoms with Crippen molar-refractivity contribution in [2.24, 2.45) is 0 Å². The topological polar surface area (TPSA) is 13.1 Å². The van der Waals surface area contributed by atoms with Gasteiger partial charge in [0.15, 0.2) is 0 Å². The van der Waals surface area contributed by atoms with Crippen LogP contribution in [0.25, 0.3) is 49.9 Å². The van der Waals surface area contributed by atoms with Crippen LogP contribution < -0.4 is 0 Å². The molecule has 1 atom stereocenters. The van der Waals surface area contributed by atoms with Crippen molar-refractivity contribution in [2.75, 3.05) is 0 Å².